The number of ketones is 1. The van der Waals surface area contributed by atoms with Gasteiger partial charge in [-0.15, -0.1) is 0 Å². The van der Waals surface area contributed by atoms with E-state index in [0.717, 1.165) is 22.5 Å². The average molecular weight is 285 g/mol. The second-order valence-corrected chi connectivity index (χ2v) is 5.01. The van der Waals surface area contributed by atoms with Crippen LogP contribution in [0.2, 0.25) is 0 Å². The lowest BCUT2D eigenvalue weighted by Crippen LogP contribution is -2.06. The van der Waals surface area contributed by atoms with Crippen molar-refractivity contribution in [1.82, 2.24) is 4.98 Å². The topological polar surface area (TPSA) is 32.9 Å². The van der Waals surface area contributed by atoms with Crippen LogP contribution in [0.25, 0.3) is 10.9 Å². The van der Waals surface area contributed by atoms with Crippen LogP contribution < -0.4 is 0 Å². The normalized spacial score (nSPS) is 11.0. The molecular formula is C17H13F2NO. The maximum Gasteiger partial charge on any atom is 0.169 e. The lowest BCUT2D eigenvalue weighted by molar-refractivity contribution is 0.0993. The Labute approximate surface area is 120 Å². The number of halogens is 2. The molecule has 0 radical (unpaired) electrons. The first-order chi connectivity index (χ1) is 10.1. The molecule has 1 N–H and O–H groups in total. The molecular weight excluding hydrogens is 272 g/mol. The second kappa shape index (κ2) is 5.13. The standard InChI is InChI=1S/C17H13F2NO/c1-10-4-2-7-14-16(10)12(9-20-14)15(21)8-11-5-3-6-13(18)17(11)19/h2-7,9,20H,8H2,1H3. The van der Waals surface area contributed by atoms with Crippen molar-refractivity contribution in [3.63, 3.8) is 0 Å². The van der Waals surface area contributed by atoms with E-state index in [1.807, 2.05) is 25.1 Å². The molecule has 2 nitrogen and oxygen atoms in total. The summed E-state index contributed by atoms with van der Waals surface area (Å²) in [5.74, 6) is -2.13. The second-order valence-electron chi connectivity index (χ2n) is 5.01. The van der Waals surface area contributed by atoms with Gasteiger partial charge < -0.3 is 4.98 Å². The first-order valence-corrected chi connectivity index (χ1v) is 6.60. The van der Waals surface area contributed by atoms with Crippen LogP contribution in [0, 0.1) is 18.6 Å². The van der Waals surface area contributed by atoms with Gasteiger partial charge in [-0.1, -0.05) is 24.3 Å². The number of carbonyl (C=O) groups is 1. The Morgan fingerprint density at radius 3 is 2.71 bits per heavy atom. The molecule has 2 aromatic carbocycles. The number of hydrogen-bond donors (Lipinski definition) is 1. The third kappa shape index (κ3) is 2.33. The molecule has 0 atom stereocenters. The molecule has 3 aromatic rings. The number of aromatic nitrogens is 1. The summed E-state index contributed by atoms with van der Waals surface area (Å²) in [5, 5.41) is 0.833. The van der Waals surface area contributed by atoms with Crippen molar-refractivity contribution in [3.05, 3.63) is 70.9 Å². The van der Waals surface area contributed by atoms with Gasteiger partial charge in [0.05, 0.1) is 0 Å². The minimum atomic E-state index is -0.956. The summed E-state index contributed by atoms with van der Waals surface area (Å²) in [6.45, 7) is 1.91. The largest absolute Gasteiger partial charge is 0.360 e. The summed E-state index contributed by atoms with van der Waals surface area (Å²) >= 11 is 0. The van der Waals surface area contributed by atoms with Gasteiger partial charge in [-0.3, -0.25) is 4.79 Å². The van der Waals surface area contributed by atoms with Crippen molar-refractivity contribution in [2.75, 3.05) is 0 Å². The van der Waals surface area contributed by atoms with Gasteiger partial charge in [0.2, 0.25) is 0 Å². The summed E-state index contributed by atoms with van der Waals surface area (Å²) < 4.78 is 26.9. The molecule has 0 saturated heterocycles. The Balaban J connectivity index is 2.00. The number of rotatable bonds is 3. The van der Waals surface area contributed by atoms with Crippen molar-refractivity contribution < 1.29 is 13.6 Å². The minimum Gasteiger partial charge on any atom is -0.360 e. The first-order valence-electron chi connectivity index (χ1n) is 6.60. The average Bonchev–Trinajstić information content (AvgIpc) is 2.89. The predicted molar refractivity (Wildman–Crippen MR) is 77.4 cm³/mol. The number of benzene rings is 2. The van der Waals surface area contributed by atoms with Crippen LogP contribution in [-0.2, 0) is 6.42 Å². The quantitative estimate of drug-likeness (QED) is 0.719. The van der Waals surface area contributed by atoms with Crippen LogP contribution in [0.4, 0.5) is 8.78 Å². The highest BCUT2D eigenvalue weighted by molar-refractivity contribution is 6.09. The smallest absolute Gasteiger partial charge is 0.169 e. The zero-order chi connectivity index (χ0) is 15.0. The monoisotopic (exact) mass is 285 g/mol. The molecule has 0 aliphatic rings. The number of carbonyl (C=O) groups excluding carboxylic acids is 1. The molecule has 0 aliphatic carbocycles. The molecule has 4 heteroatoms. The highest BCUT2D eigenvalue weighted by Crippen LogP contribution is 2.24. The Bertz CT molecular complexity index is 836. The number of aromatic amines is 1. The molecule has 1 aromatic heterocycles. The fraction of sp³-hybridized carbons (Fsp3) is 0.118. The van der Waals surface area contributed by atoms with E-state index in [4.69, 9.17) is 0 Å². The third-order valence-electron chi connectivity index (χ3n) is 3.60. The number of Topliss-reactive ketones (excluding diaryl/α,β-unsaturated/α-hetero) is 1. The van der Waals surface area contributed by atoms with Gasteiger partial charge in [-0.2, -0.15) is 0 Å². The molecule has 1 heterocycles. The van der Waals surface area contributed by atoms with Crippen LogP contribution in [0.1, 0.15) is 21.5 Å². The molecule has 0 aliphatic heterocycles. The van der Waals surface area contributed by atoms with Crippen molar-refractivity contribution in [2.24, 2.45) is 0 Å². The minimum absolute atomic E-state index is 0.0722. The predicted octanol–water partition coefficient (Wildman–Crippen LogP) is 4.18. The summed E-state index contributed by atoms with van der Waals surface area (Å²) in [7, 11) is 0. The fourth-order valence-electron chi connectivity index (χ4n) is 2.54. The summed E-state index contributed by atoms with van der Waals surface area (Å²) in [5.41, 5.74) is 2.41. The van der Waals surface area contributed by atoms with Gasteiger partial charge in [0.25, 0.3) is 0 Å². The van der Waals surface area contributed by atoms with Gasteiger partial charge in [-0.05, 0) is 30.2 Å². The van der Waals surface area contributed by atoms with E-state index in [9.17, 15) is 13.6 Å². The molecule has 3 rings (SSSR count). The number of H-pyrrole nitrogens is 1. The van der Waals surface area contributed by atoms with Crippen LogP contribution in [-0.4, -0.2) is 10.8 Å². The number of hydrogen-bond acceptors (Lipinski definition) is 1. The van der Waals surface area contributed by atoms with E-state index < -0.39 is 11.6 Å². The van der Waals surface area contributed by atoms with Crippen LogP contribution in [0.3, 0.4) is 0 Å². The van der Waals surface area contributed by atoms with Crippen molar-refractivity contribution in [3.8, 4) is 0 Å². The maximum absolute atomic E-state index is 13.7. The lowest BCUT2D eigenvalue weighted by Gasteiger charge is -2.04. The summed E-state index contributed by atoms with van der Waals surface area (Å²) in [6, 6.07) is 9.56. The van der Waals surface area contributed by atoms with Gasteiger partial charge in [0.15, 0.2) is 17.4 Å². The zero-order valence-electron chi connectivity index (χ0n) is 11.4. The Morgan fingerprint density at radius 1 is 1.14 bits per heavy atom. The highest BCUT2D eigenvalue weighted by Gasteiger charge is 2.17. The summed E-state index contributed by atoms with van der Waals surface area (Å²) in [6.07, 6.45) is 1.46. The van der Waals surface area contributed by atoms with E-state index >= 15 is 0 Å². The molecule has 0 unspecified atom stereocenters. The summed E-state index contributed by atoms with van der Waals surface area (Å²) in [4.78, 5) is 15.4. The first kappa shape index (κ1) is 13.5. The van der Waals surface area contributed by atoms with Gasteiger partial charge in [0, 0.05) is 29.1 Å². The van der Waals surface area contributed by atoms with E-state index in [0.29, 0.717) is 5.56 Å². The highest BCUT2D eigenvalue weighted by atomic mass is 19.2. The van der Waals surface area contributed by atoms with Crippen molar-refractivity contribution in [2.45, 2.75) is 13.3 Å². The molecule has 0 fully saturated rings. The molecule has 106 valence electrons. The SMILES string of the molecule is Cc1cccc2[nH]cc(C(=O)Cc3cccc(F)c3F)c12. The Morgan fingerprint density at radius 2 is 1.90 bits per heavy atom. The van der Waals surface area contributed by atoms with Crippen LogP contribution in [0.15, 0.2) is 42.6 Å². The number of fused-ring (bicyclic) bond motifs is 1. The van der Waals surface area contributed by atoms with Gasteiger partial charge in [0.1, 0.15) is 0 Å². The van der Waals surface area contributed by atoms with Crippen molar-refractivity contribution >= 4 is 16.7 Å². The number of nitrogens with one attached hydrogen (secondary N) is 1. The molecule has 0 amide bonds. The van der Waals surface area contributed by atoms with E-state index in [1.54, 1.807) is 6.20 Å². The molecule has 21 heavy (non-hydrogen) atoms. The zero-order valence-corrected chi connectivity index (χ0v) is 11.4. The van der Waals surface area contributed by atoms with Crippen LogP contribution >= 0.6 is 0 Å². The van der Waals surface area contributed by atoms with Crippen molar-refractivity contribution in [1.29, 1.82) is 0 Å². The molecule has 0 spiro atoms. The van der Waals surface area contributed by atoms with Crippen LogP contribution in [0.5, 0.6) is 0 Å². The maximum atomic E-state index is 13.7. The fourth-order valence-corrected chi connectivity index (χ4v) is 2.54. The molecule has 0 saturated carbocycles. The van der Waals surface area contributed by atoms with E-state index in [2.05, 4.69) is 4.98 Å². The molecule has 0 bridgehead atoms. The Kier molecular flexibility index (Phi) is 3.29. The Hall–Kier alpha value is -2.49. The van der Waals surface area contributed by atoms with E-state index in [-0.39, 0.29) is 17.8 Å². The van der Waals surface area contributed by atoms with Gasteiger partial charge >= 0.3 is 0 Å². The van der Waals surface area contributed by atoms with E-state index in [1.165, 1.54) is 12.1 Å². The number of aryl methyl sites for hydroxylation is 1. The third-order valence-corrected chi connectivity index (χ3v) is 3.60. The van der Waals surface area contributed by atoms with Gasteiger partial charge in [-0.25, -0.2) is 8.78 Å². The lowest BCUT2D eigenvalue weighted by atomic mass is 10.00.